The molecule has 1 aromatic carbocycles. The fourth-order valence-corrected chi connectivity index (χ4v) is 1.75. The van der Waals surface area contributed by atoms with Crippen LogP contribution in [0, 0.1) is 12.0 Å². The zero-order valence-electron chi connectivity index (χ0n) is 8.80. The molecule has 3 heteroatoms. The van der Waals surface area contributed by atoms with Gasteiger partial charge in [-0.15, -0.1) is 11.6 Å². The van der Waals surface area contributed by atoms with Gasteiger partial charge in [0.25, 0.3) is 0 Å². The maximum absolute atomic E-state index is 3.40. The summed E-state index contributed by atoms with van der Waals surface area (Å²) in [5, 5.41) is 0. The Morgan fingerprint density at radius 3 is 2.33 bits per heavy atom. The molecule has 0 nitrogen and oxygen atoms in total. The summed E-state index contributed by atoms with van der Waals surface area (Å²) in [5.74, 6) is 1.17. The zero-order chi connectivity index (χ0) is 8.55. The predicted molar refractivity (Wildman–Crippen MR) is 51.7 cm³/mol. The molecule has 0 aliphatic heterocycles. The maximum Gasteiger partial charge on any atom is 3.00 e. The molecule has 79 valence electrons. The zero-order valence-corrected chi connectivity index (χ0v) is 13.5. The largest absolute Gasteiger partial charge is 3.00 e. The molecular formula is C12H13Br2Ti. The van der Waals surface area contributed by atoms with E-state index in [0.717, 1.165) is 0 Å². The first kappa shape index (κ1) is 18.0. The van der Waals surface area contributed by atoms with Crippen molar-refractivity contribution in [3.05, 3.63) is 41.5 Å². The first-order chi connectivity index (χ1) is 5.79. The van der Waals surface area contributed by atoms with Crippen LogP contribution in [0.3, 0.4) is 0 Å². The number of allylic oxidation sites excluding steroid dienone is 1. The number of hydrogen-bond acceptors (Lipinski definition) is 0. The molecule has 0 saturated heterocycles. The Morgan fingerprint density at radius 1 is 1.13 bits per heavy atom. The van der Waals surface area contributed by atoms with Gasteiger partial charge in [-0.05, 0) is 0 Å². The quantitative estimate of drug-likeness (QED) is 0.375. The van der Waals surface area contributed by atoms with Crippen molar-refractivity contribution in [1.82, 2.24) is 0 Å². The number of hydrogen-bond donors (Lipinski definition) is 0. The standard InChI is InChI=1S/C12H13.2BrH.Ti/c1-9(2)11-8-7-10-5-3-4-6-12(10)11;;;/h3-7,9,11H,1-2H3;2*1H;/q-1;;;+3/p-2. The third kappa shape index (κ3) is 3.85. The van der Waals surface area contributed by atoms with Crippen LogP contribution < -0.4 is 34.0 Å². The molecule has 2 rings (SSSR count). The van der Waals surface area contributed by atoms with Crippen molar-refractivity contribution >= 4 is 6.08 Å². The summed E-state index contributed by atoms with van der Waals surface area (Å²) < 4.78 is 0. The summed E-state index contributed by atoms with van der Waals surface area (Å²) in [6.07, 6.45) is 5.51. The van der Waals surface area contributed by atoms with Gasteiger partial charge in [-0.25, -0.2) is 6.08 Å². The Morgan fingerprint density at radius 2 is 1.73 bits per heavy atom. The molecule has 15 heavy (non-hydrogen) atoms. The summed E-state index contributed by atoms with van der Waals surface area (Å²) in [7, 11) is 0. The predicted octanol–water partition coefficient (Wildman–Crippen LogP) is -2.74. The molecule has 1 radical (unpaired) electrons. The number of rotatable bonds is 1. The van der Waals surface area contributed by atoms with Crippen LogP contribution in [-0.4, -0.2) is 0 Å². The van der Waals surface area contributed by atoms with Crippen LogP contribution >= 0.6 is 0 Å². The molecular weight excluding hydrogens is 352 g/mol. The van der Waals surface area contributed by atoms with E-state index in [1.165, 1.54) is 11.1 Å². The van der Waals surface area contributed by atoms with Gasteiger partial charge in [-0.2, -0.15) is 5.56 Å². The molecule has 0 fully saturated rings. The molecule has 0 saturated carbocycles. The van der Waals surface area contributed by atoms with Gasteiger partial charge in [-0.1, -0.05) is 43.9 Å². The van der Waals surface area contributed by atoms with Gasteiger partial charge in [0, 0.05) is 0 Å². The second kappa shape index (κ2) is 7.83. The Bertz CT molecular complexity index is 321. The summed E-state index contributed by atoms with van der Waals surface area (Å²) in [6, 6.07) is 8.55. The van der Waals surface area contributed by atoms with Crippen LogP contribution in [0.5, 0.6) is 0 Å². The minimum atomic E-state index is 0. The van der Waals surface area contributed by atoms with Gasteiger partial charge >= 0.3 is 21.7 Å². The van der Waals surface area contributed by atoms with Crippen molar-refractivity contribution in [2.24, 2.45) is 5.92 Å². The van der Waals surface area contributed by atoms with Crippen LogP contribution in [0.4, 0.5) is 0 Å². The second-order valence-corrected chi connectivity index (χ2v) is 3.66. The third-order valence-electron chi connectivity index (χ3n) is 2.42. The molecule has 0 bridgehead atoms. The third-order valence-corrected chi connectivity index (χ3v) is 2.42. The van der Waals surface area contributed by atoms with Gasteiger partial charge < -0.3 is 34.0 Å². The fraction of sp³-hybridized carbons (Fsp3) is 0.333. The van der Waals surface area contributed by atoms with Crippen molar-refractivity contribution in [1.29, 1.82) is 0 Å². The van der Waals surface area contributed by atoms with E-state index in [1.807, 2.05) is 0 Å². The van der Waals surface area contributed by atoms with Crippen molar-refractivity contribution in [3.63, 3.8) is 0 Å². The van der Waals surface area contributed by atoms with Gasteiger partial charge in [0.15, 0.2) is 0 Å². The van der Waals surface area contributed by atoms with E-state index in [9.17, 15) is 0 Å². The van der Waals surface area contributed by atoms with Crippen molar-refractivity contribution in [2.75, 3.05) is 0 Å². The van der Waals surface area contributed by atoms with Gasteiger partial charge in [0.2, 0.25) is 0 Å². The van der Waals surface area contributed by atoms with Crippen LogP contribution in [0.1, 0.15) is 30.9 Å². The van der Waals surface area contributed by atoms with E-state index in [2.05, 4.69) is 50.3 Å². The number of benzene rings is 1. The molecule has 0 amide bonds. The molecule has 0 heterocycles. The molecule has 1 aliphatic rings. The SMILES string of the molecule is CC(C)C1[C-]=Cc2ccccc21.[Br-].[Br-].[Ti+3]. The molecule has 0 N–H and O–H groups in total. The fourth-order valence-electron chi connectivity index (χ4n) is 1.75. The molecule has 0 spiro atoms. The van der Waals surface area contributed by atoms with E-state index < -0.39 is 0 Å². The van der Waals surface area contributed by atoms with E-state index in [4.69, 9.17) is 0 Å². The number of halogens is 2. The van der Waals surface area contributed by atoms with Gasteiger partial charge in [0.1, 0.15) is 0 Å². The number of fused-ring (bicyclic) bond motifs is 1. The van der Waals surface area contributed by atoms with Crippen molar-refractivity contribution in [2.45, 2.75) is 19.8 Å². The van der Waals surface area contributed by atoms with E-state index in [-0.39, 0.29) is 55.7 Å². The smallest absolute Gasteiger partial charge is 1.00 e. The molecule has 1 aromatic rings. The normalized spacial score (nSPS) is 16.1. The second-order valence-electron chi connectivity index (χ2n) is 3.66. The Labute approximate surface area is 128 Å². The average Bonchev–Trinajstić information content (AvgIpc) is 2.47. The summed E-state index contributed by atoms with van der Waals surface area (Å²) in [4.78, 5) is 0. The van der Waals surface area contributed by atoms with E-state index in [1.54, 1.807) is 0 Å². The minimum Gasteiger partial charge on any atom is -1.00 e. The van der Waals surface area contributed by atoms with E-state index in [0.29, 0.717) is 11.8 Å². The van der Waals surface area contributed by atoms with Crippen molar-refractivity contribution in [3.8, 4) is 0 Å². The minimum absolute atomic E-state index is 0. The van der Waals surface area contributed by atoms with Crippen molar-refractivity contribution < 1.29 is 55.7 Å². The Kier molecular flexibility index (Phi) is 9.41. The molecule has 1 unspecified atom stereocenters. The first-order valence-electron chi connectivity index (χ1n) is 4.47. The maximum atomic E-state index is 3.40. The van der Waals surface area contributed by atoms with Gasteiger partial charge in [0.05, 0.1) is 0 Å². The Balaban J connectivity index is 0. The summed E-state index contributed by atoms with van der Waals surface area (Å²) in [5.41, 5.74) is 2.78. The van der Waals surface area contributed by atoms with Crippen LogP contribution in [0.2, 0.25) is 0 Å². The topological polar surface area (TPSA) is 0 Å². The molecule has 0 aromatic heterocycles. The molecule has 1 atom stereocenters. The van der Waals surface area contributed by atoms with Gasteiger partial charge in [-0.3, -0.25) is 6.08 Å². The summed E-state index contributed by atoms with van der Waals surface area (Å²) >= 11 is 0. The van der Waals surface area contributed by atoms with Crippen LogP contribution in [-0.2, 0) is 21.7 Å². The van der Waals surface area contributed by atoms with Crippen LogP contribution in [0.25, 0.3) is 6.08 Å². The monoisotopic (exact) mass is 363 g/mol. The average molecular weight is 365 g/mol. The first-order valence-corrected chi connectivity index (χ1v) is 4.47. The van der Waals surface area contributed by atoms with E-state index >= 15 is 0 Å². The molecule has 1 aliphatic carbocycles. The van der Waals surface area contributed by atoms with Crippen LogP contribution in [0.15, 0.2) is 24.3 Å². The Hall–Kier alpha value is 0.634. The summed E-state index contributed by atoms with van der Waals surface area (Å²) in [6.45, 7) is 4.49.